The molecule has 20 heavy (non-hydrogen) atoms. The number of nitrogens with zero attached hydrogens (tertiary/aromatic N) is 2. The summed E-state index contributed by atoms with van der Waals surface area (Å²) in [5, 5.41) is 16.0. The van der Waals surface area contributed by atoms with Gasteiger partial charge in [-0.2, -0.15) is 0 Å². The van der Waals surface area contributed by atoms with Crippen LogP contribution in [0.2, 0.25) is 0 Å². The van der Waals surface area contributed by atoms with E-state index in [0.29, 0.717) is 11.6 Å². The molecule has 1 unspecified atom stereocenters. The molecule has 1 atom stereocenters. The lowest BCUT2D eigenvalue weighted by molar-refractivity contribution is -0.385. The molecule has 0 amide bonds. The fourth-order valence-corrected chi connectivity index (χ4v) is 3.29. The molecule has 7 nitrogen and oxygen atoms in total. The summed E-state index contributed by atoms with van der Waals surface area (Å²) in [6.45, 7) is 3.54. The van der Waals surface area contributed by atoms with Gasteiger partial charge in [-0.3, -0.25) is 10.1 Å². The molecule has 1 aromatic carbocycles. The van der Waals surface area contributed by atoms with Crippen molar-refractivity contribution in [2.24, 2.45) is 11.1 Å². The van der Waals surface area contributed by atoms with Gasteiger partial charge < -0.3 is 4.90 Å². The van der Waals surface area contributed by atoms with E-state index in [4.69, 9.17) is 5.14 Å². The Balaban J connectivity index is 2.49. The normalized spacial score (nSPS) is 19.9. The number of hydrogen-bond acceptors (Lipinski definition) is 5. The number of piperidine rings is 1. The van der Waals surface area contributed by atoms with E-state index in [1.807, 2.05) is 4.90 Å². The molecule has 1 heterocycles. The maximum absolute atomic E-state index is 11.7. The average Bonchev–Trinajstić information content (AvgIpc) is 2.37. The van der Waals surface area contributed by atoms with Crippen molar-refractivity contribution in [2.75, 3.05) is 18.0 Å². The van der Waals surface area contributed by atoms with Crippen LogP contribution >= 0.6 is 0 Å². The van der Waals surface area contributed by atoms with E-state index < -0.39 is 14.9 Å². The van der Waals surface area contributed by atoms with Crippen molar-refractivity contribution in [1.29, 1.82) is 0 Å². The van der Waals surface area contributed by atoms with Crippen molar-refractivity contribution >= 4 is 21.4 Å². The summed E-state index contributed by atoms with van der Waals surface area (Å²) in [6.07, 6.45) is 2.05. The first-order valence-electron chi connectivity index (χ1n) is 6.35. The number of hydrogen-bond donors (Lipinski definition) is 1. The number of benzene rings is 1. The highest BCUT2D eigenvalue weighted by molar-refractivity contribution is 7.89. The van der Waals surface area contributed by atoms with Gasteiger partial charge in [0.05, 0.1) is 10.6 Å². The van der Waals surface area contributed by atoms with Gasteiger partial charge in [0, 0.05) is 25.2 Å². The van der Waals surface area contributed by atoms with E-state index in [9.17, 15) is 18.5 Å². The highest BCUT2D eigenvalue weighted by Crippen LogP contribution is 2.31. The standard InChI is InChI=1S/C12H17N3O4S/c1-9-3-2-6-14(8-9)11-5-4-10(15(16)17)7-12(11)20(13,18)19/h4-5,7,9H,2-3,6,8H2,1H3,(H2,13,18,19). The van der Waals surface area contributed by atoms with Gasteiger partial charge in [-0.05, 0) is 24.8 Å². The number of anilines is 1. The molecule has 110 valence electrons. The van der Waals surface area contributed by atoms with Crippen LogP contribution in [-0.4, -0.2) is 26.4 Å². The minimum Gasteiger partial charge on any atom is -0.370 e. The third-order valence-electron chi connectivity index (χ3n) is 3.46. The largest absolute Gasteiger partial charge is 0.370 e. The quantitative estimate of drug-likeness (QED) is 0.672. The number of nitro benzene ring substituents is 1. The van der Waals surface area contributed by atoms with Crippen molar-refractivity contribution in [2.45, 2.75) is 24.7 Å². The molecule has 0 saturated carbocycles. The van der Waals surface area contributed by atoms with Gasteiger partial charge in [-0.25, -0.2) is 13.6 Å². The molecule has 2 N–H and O–H groups in total. The Labute approximate surface area is 117 Å². The maximum atomic E-state index is 11.7. The first-order chi connectivity index (χ1) is 9.29. The first kappa shape index (κ1) is 14.7. The van der Waals surface area contributed by atoms with Gasteiger partial charge in [0.2, 0.25) is 10.0 Å². The van der Waals surface area contributed by atoms with E-state index in [2.05, 4.69) is 6.92 Å². The molecule has 2 rings (SSSR count). The molecule has 8 heteroatoms. The van der Waals surface area contributed by atoms with Gasteiger partial charge in [0.1, 0.15) is 4.90 Å². The molecule has 0 aliphatic carbocycles. The number of sulfonamides is 1. The average molecular weight is 299 g/mol. The zero-order valence-corrected chi connectivity index (χ0v) is 12.0. The van der Waals surface area contributed by atoms with Crippen molar-refractivity contribution < 1.29 is 13.3 Å². The van der Waals surface area contributed by atoms with Crippen LogP contribution in [-0.2, 0) is 10.0 Å². The summed E-state index contributed by atoms with van der Waals surface area (Å²) in [4.78, 5) is 11.9. The Hall–Kier alpha value is -1.67. The molecule has 0 spiro atoms. The van der Waals surface area contributed by atoms with E-state index in [0.717, 1.165) is 32.0 Å². The van der Waals surface area contributed by atoms with Crippen LogP contribution in [0.3, 0.4) is 0 Å². The number of nitrogens with two attached hydrogens (primary N) is 1. The number of nitro groups is 1. The lowest BCUT2D eigenvalue weighted by Crippen LogP contribution is -2.35. The molecule has 1 saturated heterocycles. The second-order valence-electron chi connectivity index (χ2n) is 5.15. The molecular weight excluding hydrogens is 282 g/mol. The van der Waals surface area contributed by atoms with Crippen LogP contribution in [0.5, 0.6) is 0 Å². The second kappa shape index (κ2) is 5.37. The fraction of sp³-hybridized carbons (Fsp3) is 0.500. The van der Waals surface area contributed by atoms with Gasteiger partial charge in [-0.15, -0.1) is 0 Å². The summed E-state index contributed by atoms with van der Waals surface area (Å²) in [7, 11) is -4.00. The number of rotatable bonds is 3. The van der Waals surface area contributed by atoms with Gasteiger partial charge in [0.15, 0.2) is 0 Å². The number of primary sulfonamides is 1. The predicted octanol–water partition coefficient (Wildman–Crippen LogP) is 1.48. The van der Waals surface area contributed by atoms with Crippen LogP contribution in [0.15, 0.2) is 23.1 Å². The minimum absolute atomic E-state index is 0.180. The summed E-state index contributed by atoms with van der Waals surface area (Å²) in [6, 6.07) is 3.81. The van der Waals surface area contributed by atoms with Crippen molar-refractivity contribution in [3.63, 3.8) is 0 Å². The topological polar surface area (TPSA) is 107 Å². The lowest BCUT2D eigenvalue weighted by atomic mass is 10.00. The highest BCUT2D eigenvalue weighted by atomic mass is 32.2. The van der Waals surface area contributed by atoms with Gasteiger partial charge >= 0.3 is 0 Å². The Bertz CT molecular complexity index is 630. The molecule has 0 radical (unpaired) electrons. The van der Waals surface area contributed by atoms with E-state index >= 15 is 0 Å². The fourth-order valence-electron chi connectivity index (χ4n) is 2.51. The predicted molar refractivity (Wildman–Crippen MR) is 75.1 cm³/mol. The summed E-state index contributed by atoms with van der Waals surface area (Å²) in [5.41, 5.74) is 0.174. The lowest BCUT2D eigenvalue weighted by Gasteiger charge is -2.33. The monoisotopic (exact) mass is 299 g/mol. The van der Waals surface area contributed by atoms with Crippen LogP contribution < -0.4 is 10.0 Å². The Morgan fingerprint density at radius 2 is 2.15 bits per heavy atom. The van der Waals surface area contributed by atoms with Crippen molar-refractivity contribution in [1.82, 2.24) is 0 Å². The zero-order valence-electron chi connectivity index (χ0n) is 11.2. The van der Waals surface area contributed by atoms with Crippen LogP contribution in [0.4, 0.5) is 11.4 Å². The molecule has 0 aromatic heterocycles. The smallest absolute Gasteiger partial charge is 0.270 e. The highest BCUT2D eigenvalue weighted by Gasteiger charge is 2.25. The van der Waals surface area contributed by atoms with Gasteiger partial charge in [-0.1, -0.05) is 6.92 Å². The van der Waals surface area contributed by atoms with E-state index in [1.165, 1.54) is 12.1 Å². The molecule has 1 aliphatic heterocycles. The number of non-ortho nitro benzene ring substituents is 1. The van der Waals surface area contributed by atoms with Crippen molar-refractivity contribution in [3.05, 3.63) is 28.3 Å². The van der Waals surface area contributed by atoms with Crippen LogP contribution in [0.25, 0.3) is 0 Å². The summed E-state index contributed by atoms with van der Waals surface area (Å²) in [5.74, 6) is 0.451. The van der Waals surface area contributed by atoms with Crippen molar-refractivity contribution in [3.8, 4) is 0 Å². The third kappa shape index (κ3) is 3.07. The maximum Gasteiger partial charge on any atom is 0.270 e. The molecular formula is C12H17N3O4S. The Morgan fingerprint density at radius 1 is 1.45 bits per heavy atom. The molecule has 1 aromatic rings. The summed E-state index contributed by atoms with van der Waals surface area (Å²) >= 11 is 0. The SMILES string of the molecule is CC1CCCN(c2ccc([N+](=O)[O-])cc2S(N)(=O)=O)C1. The molecule has 0 bridgehead atoms. The molecule has 1 aliphatic rings. The van der Waals surface area contributed by atoms with E-state index in [-0.39, 0.29) is 10.6 Å². The zero-order chi connectivity index (χ0) is 14.9. The Morgan fingerprint density at radius 3 is 2.70 bits per heavy atom. The van der Waals surface area contributed by atoms with Crippen LogP contribution in [0, 0.1) is 16.0 Å². The summed E-state index contributed by atoms with van der Waals surface area (Å²) < 4.78 is 23.4. The third-order valence-corrected chi connectivity index (χ3v) is 4.40. The van der Waals surface area contributed by atoms with E-state index in [1.54, 1.807) is 0 Å². The molecule has 1 fully saturated rings. The van der Waals surface area contributed by atoms with Gasteiger partial charge in [0.25, 0.3) is 5.69 Å². The van der Waals surface area contributed by atoms with Crippen LogP contribution in [0.1, 0.15) is 19.8 Å². The minimum atomic E-state index is -4.00. The Kier molecular flexibility index (Phi) is 3.96. The first-order valence-corrected chi connectivity index (χ1v) is 7.90. The second-order valence-corrected chi connectivity index (χ2v) is 6.68.